The van der Waals surface area contributed by atoms with Gasteiger partial charge >= 0.3 is 0 Å². The van der Waals surface area contributed by atoms with Gasteiger partial charge in [-0.05, 0) is 5.56 Å². The number of hydrogen-bond acceptors (Lipinski definition) is 3. The summed E-state index contributed by atoms with van der Waals surface area (Å²) >= 11 is 0. The van der Waals surface area contributed by atoms with Crippen molar-refractivity contribution >= 4 is 16.8 Å². The van der Waals surface area contributed by atoms with Gasteiger partial charge in [0.15, 0.2) is 0 Å². The smallest absolute Gasteiger partial charge is 0.0580 e. The topological polar surface area (TPSA) is 51.8 Å². The molecule has 0 amide bonds. The van der Waals surface area contributed by atoms with E-state index in [1.807, 2.05) is 30.4 Å². The molecule has 2 N–H and O–H groups in total. The lowest BCUT2D eigenvalue weighted by Crippen LogP contribution is -1.92. The lowest BCUT2D eigenvalue weighted by atomic mass is 10.1. The number of hydrogen-bond donors (Lipinski definition) is 1. The summed E-state index contributed by atoms with van der Waals surface area (Å²) in [5.41, 5.74) is 6.53. The predicted octanol–water partition coefficient (Wildman–Crippen LogP) is 1.60. The quantitative estimate of drug-likeness (QED) is 0.773. The Bertz CT molecular complexity index is 458. The van der Waals surface area contributed by atoms with Crippen molar-refractivity contribution in [3.8, 4) is 0 Å². The van der Waals surface area contributed by atoms with E-state index in [2.05, 4.69) is 10.2 Å². The molecule has 0 bridgehead atoms. The fourth-order valence-electron chi connectivity index (χ4n) is 1.39. The molecule has 2 aromatic rings. The Balaban J connectivity index is 2.59. The summed E-state index contributed by atoms with van der Waals surface area (Å²) in [4.78, 5) is 0. The molecule has 0 aliphatic rings. The molecular formula is C11H11N3. The van der Waals surface area contributed by atoms with Crippen LogP contribution >= 0.6 is 0 Å². The fourth-order valence-corrected chi connectivity index (χ4v) is 1.39. The molecule has 3 nitrogen and oxygen atoms in total. The lowest BCUT2D eigenvalue weighted by molar-refractivity contribution is 1.05. The van der Waals surface area contributed by atoms with Gasteiger partial charge in [0.25, 0.3) is 0 Å². The van der Waals surface area contributed by atoms with Crippen LogP contribution in [0, 0.1) is 0 Å². The summed E-state index contributed by atoms with van der Waals surface area (Å²) in [5, 5.41) is 9.90. The molecule has 0 aliphatic heterocycles. The number of nitrogens with zero attached hydrogens (tertiary/aromatic N) is 2. The van der Waals surface area contributed by atoms with Crippen LogP contribution in [0.3, 0.4) is 0 Å². The van der Waals surface area contributed by atoms with Gasteiger partial charge in [-0.25, -0.2) is 0 Å². The van der Waals surface area contributed by atoms with Crippen LogP contribution < -0.4 is 5.73 Å². The molecule has 3 heteroatoms. The predicted molar refractivity (Wildman–Crippen MR) is 57.6 cm³/mol. The summed E-state index contributed by atoms with van der Waals surface area (Å²) < 4.78 is 0. The number of nitrogens with two attached hydrogens (primary N) is 1. The number of fused-ring (bicyclic) bond motifs is 1. The minimum absolute atomic E-state index is 0.550. The summed E-state index contributed by atoms with van der Waals surface area (Å²) in [6.45, 7) is 0.550. The zero-order chi connectivity index (χ0) is 9.80. The van der Waals surface area contributed by atoms with Crippen LogP contribution in [0.15, 0.2) is 36.7 Å². The van der Waals surface area contributed by atoms with Gasteiger partial charge in [0.1, 0.15) is 0 Å². The maximum absolute atomic E-state index is 5.41. The van der Waals surface area contributed by atoms with E-state index < -0.39 is 0 Å². The van der Waals surface area contributed by atoms with E-state index >= 15 is 0 Å². The van der Waals surface area contributed by atoms with Crippen molar-refractivity contribution in [2.45, 2.75) is 0 Å². The standard InChI is InChI=1S/C11H11N3/c12-6-2-5-9-3-1-4-10-7-13-14-8-11(9)10/h1-5,7-8H,6,12H2/b5-2+. The zero-order valence-electron chi connectivity index (χ0n) is 7.72. The van der Waals surface area contributed by atoms with Crippen LogP contribution in [0.5, 0.6) is 0 Å². The van der Waals surface area contributed by atoms with Gasteiger partial charge < -0.3 is 5.73 Å². The second-order valence-electron chi connectivity index (χ2n) is 2.98. The van der Waals surface area contributed by atoms with Crippen molar-refractivity contribution in [1.82, 2.24) is 10.2 Å². The lowest BCUT2D eigenvalue weighted by Gasteiger charge is -1.99. The van der Waals surface area contributed by atoms with E-state index in [1.165, 1.54) is 0 Å². The average Bonchev–Trinajstić information content (AvgIpc) is 2.26. The molecule has 1 heterocycles. The number of benzene rings is 1. The minimum Gasteiger partial charge on any atom is -0.327 e. The van der Waals surface area contributed by atoms with E-state index in [1.54, 1.807) is 12.4 Å². The first-order valence-corrected chi connectivity index (χ1v) is 4.48. The van der Waals surface area contributed by atoms with Crippen LogP contribution in [0.1, 0.15) is 5.56 Å². The minimum atomic E-state index is 0.550. The molecule has 2 rings (SSSR count). The summed E-state index contributed by atoms with van der Waals surface area (Å²) in [7, 11) is 0. The molecule has 0 saturated carbocycles. The Kier molecular flexibility index (Phi) is 2.51. The Morgan fingerprint density at radius 3 is 2.93 bits per heavy atom. The molecule has 0 fully saturated rings. The van der Waals surface area contributed by atoms with Gasteiger partial charge in [-0.2, -0.15) is 10.2 Å². The van der Waals surface area contributed by atoms with Crippen molar-refractivity contribution in [2.75, 3.05) is 6.54 Å². The molecule has 0 saturated heterocycles. The van der Waals surface area contributed by atoms with Gasteiger partial charge in [-0.1, -0.05) is 30.4 Å². The monoisotopic (exact) mass is 185 g/mol. The van der Waals surface area contributed by atoms with Crippen LogP contribution in [0.25, 0.3) is 16.8 Å². The number of aromatic nitrogens is 2. The van der Waals surface area contributed by atoms with Crippen molar-refractivity contribution in [3.63, 3.8) is 0 Å². The van der Waals surface area contributed by atoms with Crippen LogP contribution in [-0.4, -0.2) is 16.7 Å². The van der Waals surface area contributed by atoms with Gasteiger partial charge in [-0.15, -0.1) is 0 Å². The fraction of sp³-hybridized carbons (Fsp3) is 0.0909. The van der Waals surface area contributed by atoms with Gasteiger partial charge in [0.05, 0.1) is 12.4 Å². The summed E-state index contributed by atoms with van der Waals surface area (Å²) in [6.07, 6.45) is 7.46. The molecule has 1 aromatic heterocycles. The maximum Gasteiger partial charge on any atom is 0.0580 e. The van der Waals surface area contributed by atoms with Crippen molar-refractivity contribution < 1.29 is 0 Å². The van der Waals surface area contributed by atoms with Gasteiger partial charge in [0, 0.05) is 17.3 Å². The Hall–Kier alpha value is -1.74. The highest BCUT2D eigenvalue weighted by Gasteiger charge is 1.96. The average molecular weight is 185 g/mol. The second-order valence-corrected chi connectivity index (χ2v) is 2.98. The Morgan fingerprint density at radius 1 is 1.21 bits per heavy atom. The summed E-state index contributed by atoms with van der Waals surface area (Å²) in [6, 6.07) is 6.06. The van der Waals surface area contributed by atoms with Crippen molar-refractivity contribution in [1.29, 1.82) is 0 Å². The molecule has 0 radical (unpaired) electrons. The molecular weight excluding hydrogens is 174 g/mol. The number of rotatable bonds is 2. The third-order valence-corrected chi connectivity index (χ3v) is 2.06. The molecule has 70 valence electrons. The normalized spacial score (nSPS) is 11.2. The largest absolute Gasteiger partial charge is 0.327 e. The second kappa shape index (κ2) is 3.98. The van der Waals surface area contributed by atoms with E-state index in [9.17, 15) is 0 Å². The van der Waals surface area contributed by atoms with E-state index in [-0.39, 0.29) is 0 Å². The molecule has 0 atom stereocenters. The van der Waals surface area contributed by atoms with E-state index in [0.717, 1.165) is 16.3 Å². The van der Waals surface area contributed by atoms with Crippen molar-refractivity contribution in [3.05, 3.63) is 42.2 Å². The highest BCUT2D eigenvalue weighted by Crippen LogP contribution is 2.17. The van der Waals surface area contributed by atoms with Crippen molar-refractivity contribution in [2.24, 2.45) is 5.73 Å². The SMILES string of the molecule is NC/C=C/c1cccc2cnncc12. The van der Waals surface area contributed by atoms with Gasteiger partial charge in [-0.3, -0.25) is 0 Å². The highest BCUT2D eigenvalue weighted by atomic mass is 15.1. The Morgan fingerprint density at radius 2 is 2.07 bits per heavy atom. The maximum atomic E-state index is 5.41. The molecule has 0 aliphatic carbocycles. The van der Waals surface area contributed by atoms with E-state index in [4.69, 9.17) is 5.73 Å². The summed E-state index contributed by atoms with van der Waals surface area (Å²) in [5.74, 6) is 0. The van der Waals surface area contributed by atoms with Crippen LogP contribution in [-0.2, 0) is 0 Å². The highest BCUT2D eigenvalue weighted by molar-refractivity contribution is 5.89. The third-order valence-electron chi connectivity index (χ3n) is 2.06. The Labute approximate surface area is 82.3 Å². The molecule has 14 heavy (non-hydrogen) atoms. The van der Waals surface area contributed by atoms with E-state index in [0.29, 0.717) is 6.54 Å². The first-order chi connectivity index (χ1) is 6.92. The molecule has 1 aromatic carbocycles. The van der Waals surface area contributed by atoms with Crippen LogP contribution in [0.4, 0.5) is 0 Å². The molecule has 0 spiro atoms. The molecule has 0 unspecified atom stereocenters. The van der Waals surface area contributed by atoms with Gasteiger partial charge in [0.2, 0.25) is 0 Å². The van der Waals surface area contributed by atoms with Crippen LogP contribution in [0.2, 0.25) is 0 Å². The first-order valence-electron chi connectivity index (χ1n) is 4.48. The third kappa shape index (κ3) is 1.63. The zero-order valence-corrected chi connectivity index (χ0v) is 7.72. The first kappa shape index (κ1) is 8.84.